The summed E-state index contributed by atoms with van der Waals surface area (Å²) in [5, 5.41) is 3.28. The third-order valence-electron chi connectivity index (χ3n) is 3.04. The van der Waals surface area contributed by atoms with Crippen molar-refractivity contribution in [3.63, 3.8) is 0 Å². The summed E-state index contributed by atoms with van der Waals surface area (Å²) in [5.41, 5.74) is 1.02. The number of halogens is 1. The number of rotatable bonds is 4. The lowest BCUT2D eigenvalue weighted by molar-refractivity contribution is 0.239. The Morgan fingerprint density at radius 2 is 2.53 bits per heavy atom. The number of hydrogen-bond acceptors (Lipinski definition) is 3. The zero-order valence-corrected chi connectivity index (χ0v) is 10.7. The Morgan fingerprint density at radius 3 is 3.20 bits per heavy atom. The Morgan fingerprint density at radius 1 is 1.67 bits per heavy atom. The number of aromatic nitrogens is 1. The Balaban J connectivity index is 1.95. The summed E-state index contributed by atoms with van der Waals surface area (Å²) in [6.45, 7) is 4.52. The van der Waals surface area contributed by atoms with Crippen LogP contribution in [0.5, 0.6) is 0 Å². The van der Waals surface area contributed by atoms with Crippen LogP contribution in [0.4, 0.5) is 0 Å². The zero-order valence-electron chi connectivity index (χ0n) is 9.08. The summed E-state index contributed by atoms with van der Waals surface area (Å²) < 4.78 is 0. The van der Waals surface area contributed by atoms with Crippen molar-refractivity contribution in [2.45, 2.75) is 44.7 Å². The Labute approximate surface area is 100 Å². The van der Waals surface area contributed by atoms with Crippen LogP contribution in [0, 0.1) is 0 Å². The van der Waals surface area contributed by atoms with E-state index in [4.69, 9.17) is 11.6 Å². The van der Waals surface area contributed by atoms with Crippen molar-refractivity contribution in [2.24, 2.45) is 0 Å². The molecule has 1 unspecified atom stereocenters. The minimum atomic E-state index is 0.535. The summed E-state index contributed by atoms with van der Waals surface area (Å²) in [5.74, 6) is 0.535. The van der Waals surface area contributed by atoms with E-state index in [0.717, 1.165) is 18.3 Å². The molecule has 1 aromatic rings. The van der Waals surface area contributed by atoms with E-state index in [9.17, 15) is 0 Å². The topological polar surface area (TPSA) is 16.1 Å². The lowest BCUT2D eigenvalue weighted by Crippen LogP contribution is -2.28. The van der Waals surface area contributed by atoms with Crippen LogP contribution in [0.15, 0.2) is 5.38 Å². The number of alkyl halides is 1. The molecule has 1 aromatic heterocycles. The van der Waals surface area contributed by atoms with E-state index in [1.54, 1.807) is 11.3 Å². The van der Waals surface area contributed by atoms with E-state index in [0.29, 0.717) is 5.88 Å². The van der Waals surface area contributed by atoms with Crippen molar-refractivity contribution in [1.82, 2.24) is 9.88 Å². The van der Waals surface area contributed by atoms with Crippen molar-refractivity contribution < 1.29 is 0 Å². The monoisotopic (exact) mass is 244 g/mol. The molecule has 0 amide bonds. The standard InChI is InChI=1S/C11H17ClN2S/c1-2-10-4-3-5-14(10)7-11-13-9(6-12)8-15-11/h8,10H,2-7H2,1H3. The fourth-order valence-electron chi connectivity index (χ4n) is 2.22. The van der Waals surface area contributed by atoms with Crippen LogP contribution in [0.25, 0.3) is 0 Å². The van der Waals surface area contributed by atoms with Crippen LogP contribution in [0.3, 0.4) is 0 Å². The van der Waals surface area contributed by atoms with Gasteiger partial charge in [0, 0.05) is 11.4 Å². The predicted molar refractivity (Wildman–Crippen MR) is 65.4 cm³/mol. The van der Waals surface area contributed by atoms with E-state index >= 15 is 0 Å². The molecule has 1 saturated heterocycles. The number of hydrogen-bond donors (Lipinski definition) is 0. The van der Waals surface area contributed by atoms with Crippen molar-refractivity contribution in [2.75, 3.05) is 6.54 Å². The average molecular weight is 245 g/mol. The largest absolute Gasteiger partial charge is 0.294 e. The van der Waals surface area contributed by atoms with E-state index in [1.165, 1.54) is 30.8 Å². The van der Waals surface area contributed by atoms with Gasteiger partial charge in [0.05, 0.1) is 18.1 Å². The molecule has 4 heteroatoms. The van der Waals surface area contributed by atoms with Crippen LogP contribution >= 0.6 is 22.9 Å². The maximum Gasteiger partial charge on any atom is 0.107 e. The molecule has 2 rings (SSSR count). The zero-order chi connectivity index (χ0) is 10.7. The van der Waals surface area contributed by atoms with Gasteiger partial charge in [-0.1, -0.05) is 6.92 Å². The average Bonchev–Trinajstić information content (AvgIpc) is 2.87. The first-order chi connectivity index (χ1) is 7.33. The summed E-state index contributed by atoms with van der Waals surface area (Å²) in [6.07, 6.45) is 3.95. The van der Waals surface area contributed by atoms with Gasteiger partial charge in [0.15, 0.2) is 0 Å². The minimum Gasteiger partial charge on any atom is -0.294 e. The molecule has 84 valence electrons. The quantitative estimate of drug-likeness (QED) is 0.756. The molecule has 0 spiro atoms. The second-order valence-electron chi connectivity index (χ2n) is 4.04. The summed E-state index contributed by atoms with van der Waals surface area (Å²) in [4.78, 5) is 7.06. The third kappa shape index (κ3) is 2.71. The molecular formula is C11H17ClN2S. The minimum absolute atomic E-state index is 0.535. The van der Waals surface area contributed by atoms with Crippen molar-refractivity contribution in [1.29, 1.82) is 0 Å². The molecule has 0 saturated carbocycles. The van der Waals surface area contributed by atoms with Crippen LogP contribution in [0.2, 0.25) is 0 Å². The Kier molecular flexibility index (Phi) is 4.00. The van der Waals surface area contributed by atoms with E-state index in [2.05, 4.69) is 22.2 Å². The van der Waals surface area contributed by atoms with Gasteiger partial charge in [0.1, 0.15) is 5.01 Å². The van der Waals surface area contributed by atoms with Crippen LogP contribution in [-0.4, -0.2) is 22.5 Å². The smallest absolute Gasteiger partial charge is 0.107 e. The second-order valence-corrected chi connectivity index (χ2v) is 5.25. The molecule has 2 nitrogen and oxygen atoms in total. The van der Waals surface area contributed by atoms with E-state index in [-0.39, 0.29) is 0 Å². The normalized spacial score (nSPS) is 22.4. The van der Waals surface area contributed by atoms with E-state index < -0.39 is 0 Å². The molecule has 0 N–H and O–H groups in total. The highest BCUT2D eigenvalue weighted by atomic mass is 35.5. The van der Waals surface area contributed by atoms with Gasteiger partial charge in [-0.05, 0) is 25.8 Å². The van der Waals surface area contributed by atoms with Gasteiger partial charge in [-0.2, -0.15) is 0 Å². The summed E-state index contributed by atoms with van der Waals surface area (Å²) in [6, 6.07) is 0.772. The second kappa shape index (κ2) is 5.28. The van der Waals surface area contributed by atoms with Gasteiger partial charge in [-0.15, -0.1) is 22.9 Å². The molecule has 1 aliphatic rings. The number of likely N-dealkylation sites (tertiary alicyclic amines) is 1. The highest BCUT2D eigenvalue weighted by Gasteiger charge is 2.23. The van der Waals surface area contributed by atoms with Gasteiger partial charge in [-0.3, -0.25) is 4.90 Å². The molecule has 0 radical (unpaired) electrons. The lowest BCUT2D eigenvalue weighted by atomic mass is 10.2. The Hall–Kier alpha value is -0.120. The summed E-state index contributed by atoms with van der Waals surface area (Å²) >= 11 is 7.48. The maximum absolute atomic E-state index is 5.74. The molecule has 2 heterocycles. The fourth-order valence-corrected chi connectivity index (χ4v) is 3.27. The predicted octanol–water partition coefficient (Wildman–Crippen LogP) is 3.26. The molecule has 1 aliphatic heterocycles. The van der Waals surface area contributed by atoms with Gasteiger partial charge in [0.25, 0.3) is 0 Å². The highest BCUT2D eigenvalue weighted by Crippen LogP contribution is 2.23. The van der Waals surface area contributed by atoms with Crippen LogP contribution in [-0.2, 0) is 12.4 Å². The first-order valence-electron chi connectivity index (χ1n) is 5.56. The van der Waals surface area contributed by atoms with Gasteiger partial charge in [0.2, 0.25) is 0 Å². The molecular weight excluding hydrogens is 228 g/mol. The van der Waals surface area contributed by atoms with Gasteiger partial charge >= 0.3 is 0 Å². The first-order valence-corrected chi connectivity index (χ1v) is 6.98. The highest BCUT2D eigenvalue weighted by molar-refractivity contribution is 7.09. The number of nitrogens with zero attached hydrogens (tertiary/aromatic N) is 2. The van der Waals surface area contributed by atoms with Crippen LogP contribution < -0.4 is 0 Å². The molecule has 0 aromatic carbocycles. The summed E-state index contributed by atoms with van der Waals surface area (Å²) in [7, 11) is 0. The number of thiazole rings is 1. The van der Waals surface area contributed by atoms with Gasteiger partial charge < -0.3 is 0 Å². The van der Waals surface area contributed by atoms with Crippen molar-refractivity contribution in [3.8, 4) is 0 Å². The Bertz CT molecular complexity index is 313. The lowest BCUT2D eigenvalue weighted by Gasteiger charge is -2.21. The molecule has 0 bridgehead atoms. The molecule has 1 atom stereocenters. The van der Waals surface area contributed by atoms with Crippen molar-refractivity contribution in [3.05, 3.63) is 16.1 Å². The SMILES string of the molecule is CCC1CCCN1Cc1nc(CCl)cs1. The third-order valence-corrected chi connectivity index (χ3v) is 4.20. The fraction of sp³-hybridized carbons (Fsp3) is 0.727. The van der Waals surface area contributed by atoms with Crippen molar-refractivity contribution >= 4 is 22.9 Å². The van der Waals surface area contributed by atoms with Crippen LogP contribution in [0.1, 0.15) is 36.9 Å². The first kappa shape index (κ1) is 11.4. The van der Waals surface area contributed by atoms with Gasteiger partial charge in [-0.25, -0.2) is 4.98 Å². The van der Waals surface area contributed by atoms with E-state index in [1.807, 2.05) is 0 Å². The maximum atomic E-state index is 5.74. The molecule has 0 aliphatic carbocycles. The molecule has 15 heavy (non-hydrogen) atoms. The molecule has 1 fully saturated rings.